The van der Waals surface area contributed by atoms with Crippen LogP contribution in [0.25, 0.3) is 16.5 Å². The Morgan fingerprint density at radius 3 is 2.45 bits per heavy atom. The molecule has 10 nitrogen and oxygen atoms in total. The summed E-state index contributed by atoms with van der Waals surface area (Å²) >= 11 is 0. The predicted octanol–water partition coefficient (Wildman–Crippen LogP) is 5.48. The van der Waals surface area contributed by atoms with Crippen LogP contribution in [0.3, 0.4) is 0 Å². The zero-order chi connectivity index (χ0) is 30.0. The lowest BCUT2D eigenvalue weighted by Crippen LogP contribution is -2.31. The number of hydrogen-bond acceptors (Lipinski definition) is 7. The summed E-state index contributed by atoms with van der Waals surface area (Å²) in [5.41, 5.74) is 1.39. The Hall–Kier alpha value is -4.65. The minimum absolute atomic E-state index is 0.0212. The first-order chi connectivity index (χ1) is 20.0. The number of aromatic nitrogens is 6. The lowest BCUT2D eigenvalue weighted by Gasteiger charge is -2.20. The summed E-state index contributed by atoms with van der Waals surface area (Å²) < 4.78 is 62.1. The fourth-order valence-corrected chi connectivity index (χ4v) is 4.43. The third kappa shape index (κ3) is 6.00. The number of fused-ring (bicyclic) bond motifs is 1. The van der Waals surface area contributed by atoms with Gasteiger partial charge in [-0.15, -0.1) is 5.10 Å². The van der Waals surface area contributed by atoms with Crippen LogP contribution < -0.4 is 15.2 Å². The number of benzene rings is 2. The van der Waals surface area contributed by atoms with Crippen molar-refractivity contribution in [1.29, 1.82) is 0 Å². The van der Waals surface area contributed by atoms with Crippen LogP contribution in [0.4, 0.5) is 13.2 Å². The molecule has 5 rings (SSSR count). The van der Waals surface area contributed by atoms with Crippen molar-refractivity contribution in [3.63, 3.8) is 0 Å². The molecule has 2 aromatic carbocycles. The summed E-state index contributed by atoms with van der Waals surface area (Å²) in [6.07, 6.45) is -5.35. The molecule has 220 valence electrons. The van der Waals surface area contributed by atoms with Crippen LogP contribution >= 0.6 is 0 Å². The van der Waals surface area contributed by atoms with Crippen molar-refractivity contribution in [2.45, 2.75) is 52.8 Å². The van der Waals surface area contributed by atoms with Gasteiger partial charge in [0.1, 0.15) is 12.4 Å². The van der Waals surface area contributed by atoms with Crippen molar-refractivity contribution >= 4 is 10.8 Å². The van der Waals surface area contributed by atoms with Gasteiger partial charge < -0.3 is 14.2 Å². The van der Waals surface area contributed by atoms with Gasteiger partial charge in [-0.1, -0.05) is 30.3 Å². The number of ether oxygens (including phenoxy) is 3. The van der Waals surface area contributed by atoms with E-state index in [4.69, 9.17) is 14.2 Å². The van der Waals surface area contributed by atoms with Crippen LogP contribution in [-0.2, 0) is 31.5 Å². The highest BCUT2D eigenvalue weighted by molar-refractivity contribution is 5.94. The maximum Gasteiger partial charge on any atom is 0.425 e. The van der Waals surface area contributed by atoms with E-state index in [1.807, 2.05) is 30.3 Å². The van der Waals surface area contributed by atoms with Gasteiger partial charge in [0.25, 0.3) is 0 Å². The molecule has 0 amide bonds. The van der Waals surface area contributed by atoms with Crippen LogP contribution in [0.5, 0.6) is 17.5 Å². The summed E-state index contributed by atoms with van der Waals surface area (Å²) in [5, 5.41) is 9.33. The lowest BCUT2D eigenvalue weighted by atomic mass is 10.1. The molecule has 0 spiro atoms. The summed E-state index contributed by atoms with van der Waals surface area (Å²) in [5.74, 6) is 0.557. The second-order valence-electron chi connectivity index (χ2n) is 9.64. The third-order valence-electron chi connectivity index (χ3n) is 6.54. The number of halogens is 3. The lowest BCUT2D eigenvalue weighted by molar-refractivity contribution is -0.189. The van der Waals surface area contributed by atoms with E-state index in [-0.39, 0.29) is 29.3 Å². The number of hydrogen-bond donors (Lipinski definition) is 0. The normalized spacial score (nSPS) is 12.5. The average Bonchev–Trinajstić information content (AvgIpc) is 3.44. The molecule has 0 radical (unpaired) electrons. The van der Waals surface area contributed by atoms with Crippen LogP contribution in [0.2, 0.25) is 0 Å². The minimum Gasteiger partial charge on any atom is -0.480 e. The smallest absolute Gasteiger partial charge is 0.425 e. The molecular formula is C29H29F3N6O4. The standard InChI is InChI=1S/C29H29F3N6O4/c1-5-37-24(17-40-16-20-9-7-6-8-10-20)35-38(28(37)39)22-14-21-11-12-33-27(42-25-13-18(2)34-36(25)4)26(21)23(15-22)41-19(3)29(30,31)32/h6-15,19H,5,16-17H2,1-4H3/t19-/m0/s1. The van der Waals surface area contributed by atoms with Crippen LogP contribution in [0.1, 0.15) is 30.9 Å². The molecule has 0 bridgehead atoms. The molecule has 3 aromatic heterocycles. The summed E-state index contributed by atoms with van der Waals surface area (Å²) in [6, 6.07) is 15.8. The topological polar surface area (TPSA) is 98.2 Å². The van der Waals surface area contributed by atoms with E-state index >= 15 is 0 Å². The van der Waals surface area contributed by atoms with Crippen molar-refractivity contribution in [2.75, 3.05) is 0 Å². The Labute approximate surface area is 238 Å². The Kier molecular flexibility index (Phi) is 8.03. The van der Waals surface area contributed by atoms with Crippen molar-refractivity contribution in [3.8, 4) is 23.2 Å². The van der Waals surface area contributed by atoms with Gasteiger partial charge in [-0.05, 0) is 43.9 Å². The van der Waals surface area contributed by atoms with Gasteiger partial charge in [-0.25, -0.2) is 14.5 Å². The van der Waals surface area contributed by atoms with E-state index in [9.17, 15) is 18.0 Å². The molecule has 1 atom stereocenters. The number of rotatable bonds is 10. The van der Waals surface area contributed by atoms with E-state index in [1.165, 1.54) is 21.5 Å². The molecule has 0 saturated heterocycles. The Balaban J connectivity index is 1.57. The van der Waals surface area contributed by atoms with Crippen molar-refractivity contribution in [1.82, 2.24) is 29.1 Å². The molecule has 0 aliphatic carbocycles. The van der Waals surface area contributed by atoms with Crippen molar-refractivity contribution in [3.05, 3.63) is 88.4 Å². The van der Waals surface area contributed by atoms with Gasteiger partial charge >= 0.3 is 11.9 Å². The summed E-state index contributed by atoms with van der Waals surface area (Å²) in [4.78, 5) is 17.6. The third-order valence-corrected chi connectivity index (χ3v) is 6.54. The monoisotopic (exact) mass is 582 g/mol. The highest BCUT2D eigenvalue weighted by Gasteiger charge is 2.38. The molecule has 0 aliphatic rings. The number of aryl methyl sites for hydroxylation is 2. The van der Waals surface area contributed by atoms with Gasteiger partial charge in [-0.2, -0.15) is 23.0 Å². The van der Waals surface area contributed by atoms with Crippen LogP contribution in [-0.4, -0.2) is 41.4 Å². The molecule has 3 heterocycles. The molecule has 5 aromatic rings. The van der Waals surface area contributed by atoms with E-state index in [0.717, 1.165) is 17.2 Å². The zero-order valence-corrected chi connectivity index (χ0v) is 23.4. The van der Waals surface area contributed by atoms with Crippen LogP contribution in [0.15, 0.2) is 65.6 Å². The second kappa shape index (κ2) is 11.7. The van der Waals surface area contributed by atoms with E-state index < -0.39 is 18.0 Å². The quantitative estimate of drug-likeness (QED) is 0.215. The molecule has 42 heavy (non-hydrogen) atoms. The molecule has 0 N–H and O–H groups in total. The zero-order valence-electron chi connectivity index (χ0n) is 23.4. The fourth-order valence-electron chi connectivity index (χ4n) is 4.43. The molecular weight excluding hydrogens is 553 g/mol. The Morgan fingerprint density at radius 2 is 1.79 bits per heavy atom. The molecule has 0 aliphatic heterocycles. The van der Waals surface area contributed by atoms with Gasteiger partial charge in [0.2, 0.25) is 11.8 Å². The first-order valence-corrected chi connectivity index (χ1v) is 13.2. The van der Waals surface area contributed by atoms with Gasteiger partial charge in [-0.3, -0.25) is 4.57 Å². The summed E-state index contributed by atoms with van der Waals surface area (Å²) in [6.45, 7) is 5.17. The van der Waals surface area contributed by atoms with Gasteiger partial charge in [0, 0.05) is 31.9 Å². The van der Waals surface area contributed by atoms with Crippen LogP contribution in [0, 0.1) is 6.92 Å². The highest BCUT2D eigenvalue weighted by Crippen LogP contribution is 2.38. The molecule has 0 saturated carbocycles. The molecule has 0 fully saturated rings. The van der Waals surface area contributed by atoms with Crippen molar-refractivity contribution in [2.24, 2.45) is 7.05 Å². The van der Waals surface area contributed by atoms with Gasteiger partial charge in [0.15, 0.2) is 11.9 Å². The maximum atomic E-state index is 13.6. The Bertz CT molecular complexity index is 1760. The Morgan fingerprint density at radius 1 is 1.02 bits per heavy atom. The molecule has 0 unspecified atom stereocenters. The van der Waals surface area contributed by atoms with E-state index in [0.29, 0.717) is 35.9 Å². The van der Waals surface area contributed by atoms with E-state index in [2.05, 4.69) is 15.2 Å². The SMILES string of the molecule is CCn1c(COCc2ccccc2)nn(-c2cc(O[C@@H](C)C(F)(F)F)c3c(Oc4cc(C)nn4C)nccc3c2)c1=O. The first kappa shape index (κ1) is 28.9. The van der Waals surface area contributed by atoms with Gasteiger partial charge in [0.05, 0.1) is 23.4 Å². The maximum absolute atomic E-state index is 13.6. The second-order valence-corrected chi connectivity index (χ2v) is 9.64. The number of alkyl halides is 3. The predicted molar refractivity (Wildman–Crippen MR) is 148 cm³/mol. The number of pyridine rings is 1. The largest absolute Gasteiger partial charge is 0.480 e. The highest BCUT2D eigenvalue weighted by atomic mass is 19.4. The summed E-state index contributed by atoms with van der Waals surface area (Å²) in [7, 11) is 1.67. The minimum atomic E-state index is -4.64. The van der Waals surface area contributed by atoms with E-state index in [1.54, 1.807) is 39.1 Å². The molecule has 13 heteroatoms. The van der Waals surface area contributed by atoms with Crippen molar-refractivity contribution < 1.29 is 27.4 Å². The average molecular weight is 583 g/mol. The first-order valence-electron chi connectivity index (χ1n) is 13.2. The fraction of sp³-hybridized carbons (Fsp3) is 0.310. The number of nitrogens with zero attached hydrogens (tertiary/aromatic N) is 6.